The van der Waals surface area contributed by atoms with Crippen LogP contribution in [0.1, 0.15) is 24.4 Å². The van der Waals surface area contributed by atoms with Gasteiger partial charge in [-0.25, -0.2) is 9.67 Å². The maximum Gasteiger partial charge on any atom is 0.241 e. The van der Waals surface area contributed by atoms with Crippen molar-refractivity contribution in [3.05, 3.63) is 42.5 Å². The maximum absolute atomic E-state index is 12.8. The molecule has 1 amide bonds. The van der Waals surface area contributed by atoms with Crippen LogP contribution in [0.5, 0.6) is 0 Å². The third-order valence-corrected chi connectivity index (χ3v) is 4.83. The zero-order valence-corrected chi connectivity index (χ0v) is 13.1. The van der Waals surface area contributed by atoms with Gasteiger partial charge in [-0.1, -0.05) is 18.2 Å². The molecule has 0 spiro atoms. The SMILES string of the molecule is O=C(CN1CCC(n2cncn2)C1)N1CCCc2ccccc21. The summed E-state index contributed by atoms with van der Waals surface area (Å²) in [5, 5.41) is 4.21. The van der Waals surface area contributed by atoms with E-state index < -0.39 is 0 Å². The van der Waals surface area contributed by atoms with Crippen molar-refractivity contribution in [1.29, 1.82) is 0 Å². The minimum absolute atomic E-state index is 0.205. The Morgan fingerprint density at radius 1 is 1.26 bits per heavy atom. The van der Waals surface area contributed by atoms with Crippen molar-refractivity contribution >= 4 is 11.6 Å². The minimum Gasteiger partial charge on any atom is -0.311 e. The van der Waals surface area contributed by atoms with Crippen LogP contribution < -0.4 is 4.90 Å². The number of benzene rings is 1. The molecular weight excluding hydrogens is 290 g/mol. The monoisotopic (exact) mass is 311 g/mol. The number of carbonyl (C=O) groups excluding carboxylic acids is 1. The number of para-hydroxylation sites is 1. The van der Waals surface area contributed by atoms with E-state index in [1.54, 1.807) is 12.7 Å². The van der Waals surface area contributed by atoms with Gasteiger partial charge in [0.2, 0.25) is 5.91 Å². The lowest BCUT2D eigenvalue weighted by atomic mass is 10.0. The van der Waals surface area contributed by atoms with Crippen LogP contribution >= 0.6 is 0 Å². The van der Waals surface area contributed by atoms with Crippen LogP contribution in [0, 0.1) is 0 Å². The first-order valence-electron chi connectivity index (χ1n) is 8.26. The fourth-order valence-electron chi connectivity index (χ4n) is 3.65. The van der Waals surface area contributed by atoms with Gasteiger partial charge in [0, 0.05) is 25.3 Å². The van der Waals surface area contributed by atoms with Crippen LogP contribution in [0.25, 0.3) is 0 Å². The van der Waals surface area contributed by atoms with Gasteiger partial charge in [-0.2, -0.15) is 5.10 Å². The summed E-state index contributed by atoms with van der Waals surface area (Å²) in [5.74, 6) is 0.205. The fourth-order valence-corrected chi connectivity index (χ4v) is 3.65. The second-order valence-corrected chi connectivity index (χ2v) is 6.33. The largest absolute Gasteiger partial charge is 0.311 e. The fraction of sp³-hybridized carbons (Fsp3) is 0.471. The number of aryl methyl sites for hydroxylation is 1. The van der Waals surface area contributed by atoms with E-state index in [1.165, 1.54) is 5.56 Å². The molecule has 1 atom stereocenters. The van der Waals surface area contributed by atoms with Crippen LogP contribution in [0.15, 0.2) is 36.9 Å². The molecule has 0 aliphatic carbocycles. The molecule has 6 nitrogen and oxygen atoms in total. The Kier molecular flexibility index (Phi) is 3.83. The molecule has 1 aromatic carbocycles. The highest BCUT2D eigenvalue weighted by Crippen LogP contribution is 2.27. The van der Waals surface area contributed by atoms with Crippen LogP contribution in [-0.2, 0) is 11.2 Å². The van der Waals surface area contributed by atoms with Gasteiger partial charge in [0.15, 0.2) is 0 Å². The van der Waals surface area contributed by atoms with E-state index in [1.807, 2.05) is 15.6 Å². The molecule has 1 aromatic heterocycles. The van der Waals surface area contributed by atoms with E-state index in [0.29, 0.717) is 12.6 Å². The molecule has 23 heavy (non-hydrogen) atoms. The first-order chi connectivity index (χ1) is 11.3. The normalized spacial score (nSPS) is 21.4. The molecule has 1 unspecified atom stereocenters. The molecule has 0 radical (unpaired) electrons. The number of rotatable bonds is 3. The molecule has 0 N–H and O–H groups in total. The number of fused-ring (bicyclic) bond motifs is 1. The quantitative estimate of drug-likeness (QED) is 0.862. The van der Waals surface area contributed by atoms with E-state index in [-0.39, 0.29) is 5.91 Å². The van der Waals surface area contributed by atoms with Gasteiger partial charge >= 0.3 is 0 Å². The molecule has 2 aliphatic rings. The smallest absolute Gasteiger partial charge is 0.241 e. The predicted molar refractivity (Wildman–Crippen MR) is 87.2 cm³/mol. The van der Waals surface area contributed by atoms with Gasteiger partial charge < -0.3 is 4.90 Å². The predicted octanol–water partition coefficient (Wildman–Crippen LogP) is 1.50. The van der Waals surface area contributed by atoms with Crippen molar-refractivity contribution in [3.8, 4) is 0 Å². The Hall–Kier alpha value is -2.21. The number of aromatic nitrogens is 3. The van der Waals surface area contributed by atoms with Crippen molar-refractivity contribution in [1.82, 2.24) is 19.7 Å². The Morgan fingerprint density at radius 3 is 3.04 bits per heavy atom. The number of carbonyl (C=O) groups is 1. The Balaban J connectivity index is 1.41. The number of hydrogen-bond donors (Lipinski definition) is 0. The minimum atomic E-state index is 0.205. The van der Waals surface area contributed by atoms with Gasteiger partial charge in [0.25, 0.3) is 0 Å². The second kappa shape index (κ2) is 6.12. The van der Waals surface area contributed by atoms with Crippen molar-refractivity contribution in [3.63, 3.8) is 0 Å². The summed E-state index contributed by atoms with van der Waals surface area (Å²) < 4.78 is 1.90. The first-order valence-corrected chi connectivity index (χ1v) is 8.26. The first kappa shape index (κ1) is 14.4. The summed E-state index contributed by atoms with van der Waals surface area (Å²) in [6, 6.07) is 8.59. The van der Waals surface area contributed by atoms with Crippen molar-refractivity contribution in [2.75, 3.05) is 31.1 Å². The zero-order chi connectivity index (χ0) is 15.6. The average Bonchev–Trinajstić information content (AvgIpc) is 3.25. The van der Waals surface area contributed by atoms with Crippen LogP contribution in [0.2, 0.25) is 0 Å². The van der Waals surface area contributed by atoms with E-state index in [9.17, 15) is 4.79 Å². The molecule has 2 aliphatic heterocycles. The third-order valence-electron chi connectivity index (χ3n) is 4.83. The Bertz CT molecular complexity index is 684. The van der Waals surface area contributed by atoms with Gasteiger partial charge in [0.05, 0.1) is 12.6 Å². The summed E-state index contributed by atoms with van der Waals surface area (Å²) >= 11 is 0. The van der Waals surface area contributed by atoms with E-state index in [0.717, 1.165) is 44.6 Å². The van der Waals surface area contributed by atoms with Gasteiger partial charge in [0.1, 0.15) is 12.7 Å². The topological polar surface area (TPSA) is 54.3 Å². The summed E-state index contributed by atoms with van der Waals surface area (Å²) in [5.41, 5.74) is 2.38. The molecule has 6 heteroatoms. The maximum atomic E-state index is 12.8. The van der Waals surface area contributed by atoms with Gasteiger partial charge in [-0.15, -0.1) is 0 Å². The number of amides is 1. The van der Waals surface area contributed by atoms with E-state index in [2.05, 4.69) is 33.2 Å². The van der Waals surface area contributed by atoms with Gasteiger partial charge in [-0.3, -0.25) is 9.69 Å². The summed E-state index contributed by atoms with van der Waals surface area (Å²) in [7, 11) is 0. The number of likely N-dealkylation sites (tertiary alicyclic amines) is 1. The molecule has 0 bridgehead atoms. The lowest BCUT2D eigenvalue weighted by molar-refractivity contribution is -0.119. The molecule has 3 heterocycles. The number of nitrogens with zero attached hydrogens (tertiary/aromatic N) is 5. The zero-order valence-electron chi connectivity index (χ0n) is 13.1. The van der Waals surface area contributed by atoms with Crippen LogP contribution in [0.3, 0.4) is 0 Å². The van der Waals surface area contributed by atoms with Crippen molar-refractivity contribution in [2.45, 2.75) is 25.3 Å². The van der Waals surface area contributed by atoms with Crippen LogP contribution in [0.4, 0.5) is 5.69 Å². The van der Waals surface area contributed by atoms with E-state index >= 15 is 0 Å². The Morgan fingerprint density at radius 2 is 2.17 bits per heavy atom. The highest BCUT2D eigenvalue weighted by molar-refractivity contribution is 5.95. The summed E-state index contributed by atoms with van der Waals surface area (Å²) in [4.78, 5) is 21.0. The number of anilines is 1. The highest BCUT2D eigenvalue weighted by Gasteiger charge is 2.29. The van der Waals surface area contributed by atoms with Gasteiger partial charge in [-0.05, 0) is 30.9 Å². The van der Waals surface area contributed by atoms with Crippen molar-refractivity contribution < 1.29 is 4.79 Å². The molecule has 1 fully saturated rings. The highest BCUT2D eigenvalue weighted by atomic mass is 16.2. The second-order valence-electron chi connectivity index (χ2n) is 6.33. The molecule has 1 saturated heterocycles. The molecule has 4 rings (SSSR count). The Labute approximate surface area is 135 Å². The molecule has 120 valence electrons. The summed E-state index contributed by atoms with van der Waals surface area (Å²) in [6.45, 7) is 3.12. The molecule has 2 aromatic rings. The lowest BCUT2D eigenvalue weighted by Gasteiger charge is -2.30. The van der Waals surface area contributed by atoms with Crippen LogP contribution in [-0.4, -0.2) is 51.8 Å². The standard InChI is InChI=1S/C17H21N5O/c23-17(21-8-3-5-14-4-1-2-6-16(14)21)11-20-9-7-15(10-20)22-13-18-12-19-22/h1-2,4,6,12-13,15H,3,5,7-11H2. The molecular formula is C17H21N5O. The van der Waals surface area contributed by atoms with E-state index in [4.69, 9.17) is 0 Å². The lowest BCUT2D eigenvalue weighted by Crippen LogP contribution is -2.42. The summed E-state index contributed by atoms with van der Waals surface area (Å²) in [6.07, 6.45) is 6.46. The third kappa shape index (κ3) is 2.86. The number of hydrogen-bond acceptors (Lipinski definition) is 4. The average molecular weight is 311 g/mol. The molecule has 0 saturated carbocycles. The van der Waals surface area contributed by atoms with Crippen molar-refractivity contribution in [2.24, 2.45) is 0 Å².